The monoisotopic (exact) mass is 727 g/mol. The first-order valence-corrected chi connectivity index (χ1v) is 21.2. The SMILES string of the molecule is CCC(C)(CC)c1nc(NC(C)(C)CC(C)(C)C)nc(N(CCCN(C2CC(C)(C)NC(C)(C)C2)C(C)(CC)CC)C2CC(C)(C)NC(C)(C)C2)n1. The van der Waals surface area contributed by atoms with Gasteiger partial charge < -0.3 is 20.9 Å². The lowest BCUT2D eigenvalue weighted by Crippen LogP contribution is -2.65. The number of piperidine rings is 2. The molecule has 8 nitrogen and oxygen atoms in total. The fraction of sp³-hybridized carbons (Fsp3) is 0.932. The third-order valence-corrected chi connectivity index (χ3v) is 12.6. The van der Waals surface area contributed by atoms with Crippen molar-refractivity contribution in [2.45, 2.75) is 246 Å². The van der Waals surface area contributed by atoms with Crippen LogP contribution in [-0.2, 0) is 5.41 Å². The van der Waals surface area contributed by atoms with Crippen molar-refractivity contribution >= 4 is 11.9 Å². The van der Waals surface area contributed by atoms with Crippen molar-refractivity contribution in [3.05, 3.63) is 5.82 Å². The van der Waals surface area contributed by atoms with Crippen LogP contribution in [-0.4, -0.2) is 78.3 Å². The minimum absolute atomic E-state index is 0.00104. The maximum Gasteiger partial charge on any atom is 0.230 e. The maximum atomic E-state index is 5.45. The highest BCUT2D eigenvalue weighted by Crippen LogP contribution is 2.39. The second-order valence-electron chi connectivity index (χ2n) is 22.2. The second-order valence-corrected chi connectivity index (χ2v) is 22.2. The summed E-state index contributed by atoms with van der Waals surface area (Å²) in [5.41, 5.74) is 0.217. The lowest BCUT2D eigenvalue weighted by molar-refractivity contribution is -0.00779. The zero-order valence-corrected chi connectivity index (χ0v) is 37.9. The Morgan fingerprint density at radius 3 is 1.52 bits per heavy atom. The first kappa shape index (κ1) is 44.9. The predicted octanol–water partition coefficient (Wildman–Crippen LogP) is 10.3. The number of nitrogens with one attached hydrogen (secondary N) is 3. The highest BCUT2D eigenvalue weighted by molar-refractivity contribution is 5.41. The summed E-state index contributed by atoms with van der Waals surface area (Å²) in [7, 11) is 0. The van der Waals surface area contributed by atoms with Gasteiger partial charge in [0.25, 0.3) is 0 Å². The average molecular weight is 727 g/mol. The van der Waals surface area contributed by atoms with E-state index in [4.69, 9.17) is 15.0 Å². The Kier molecular flexibility index (Phi) is 13.7. The van der Waals surface area contributed by atoms with Crippen molar-refractivity contribution in [2.24, 2.45) is 5.41 Å². The standard InChI is InChI=1S/C44H86N8/c1-20-43(18,21-2)34-45-35(48-42(16,17)31-37(5,6)7)47-36(46-34)51(32-27-38(8,9)49-39(10,11)28-32)25-24-26-52(44(19,22-3)23-4)33-29-40(12,13)50-41(14,15)30-33/h32-33,49-50H,20-31H2,1-19H3,(H,45,46,47,48). The molecule has 1 aromatic rings. The minimum Gasteiger partial charge on any atom is -0.349 e. The Morgan fingerprint density at radius 2 is 1.10 bits per heavy atom. The number of aromatic nitrogens is 3. The van der Waals surface area contributed by atoms with E-state index in [1.54, 1.807) is 0 Å². The normalized spacial score (nSPS) is 21.4. The summed E-state index contributed by atoms with van der Waals surface area (Å²) >= 11 is 0. The molecule has 3 rings (SSSR count). The molecular formula is C44H86N8. The summed E-state index contributed by atoms with van der Waals surface area (Å²) in [6.07, 6.45) is 10.7. The van der Waals surface area contributed by atoms with Gasteiger partial charge in [0.1, 0.15) is 5.82 Å². The van der Waals surface area contributed by atoms with Gasteiger partial charge in [-0.1, -0.05) is 55.4 Å². The molecule has 3 heterocycles. The van der Waals surface area contributed by atoms with Crippen molar-refractivity contribution in [3.8, 4) is 0 Å². The van der Waals surface area contributed by atoms with Crippen LogP contribution >= 0.6 is 0 Å². The fourth-order valence-electron chi connectivity index (χ4n) is 10.4. The van der Waals surface area contributed by atoms with Crippen molar-refractivity contribution < 1.29 is 0 Å². The number of rotatable bonds is 16. The van der Waals surface area contributed by atoms with E-state index in [0.717, 1.165) is 89.1 Å². The van der Waals surface area contributed by atoms with E-state index >= 15 is 0 Å². The summed E-state index contributed by atoms with van der Waals surface area (Å²) in [4.78, 5) is 21.5. The Bertz CT molecular complexity index is 1270. The van der Waals surface area contributed by atoms with Gasteiger partial charge in [-0.05, 0) is 146 Å². The van der Waals surface area contributed by atoms with Gasteiger partial charge in [0, 0.05) is 63.8 Å². The quantitative estimate of drug-likeness (QED) is 0.155. The van der Waals surface area contributed by atoms with E-state index in [-0.39, 0.29) is 44.1 Å². The average Bonchev–Trinajstić information content (AvgIpc) is 2.95. The van der Waals surface area contributed by atoms with Gasteiger partial charge in [-0.2, -0.15) is 15.0 Å². The van der Waals surface area contributed by atoms with Crippen LogP contribution in [0.15, 0.2) is 0 Å². The molecule has 0 atom stereocenters. The lowest BCUT2D eigenvalue weighted by atomic mass is 9.77. The molecule has 3 N–H and O–H groups in total. The molecular weight excluding hydrogens is 641 g/mol. The summed E-state index contributed by atoms with van der Waals surface area (Å²) < 4.78 is 0. The van der Waals surface area contributed by atoms with Gasteiger partial charge in [-0.15, -0.1) is 0 Å². The minimum atomic E-state index is -0.172. The molecule has 302 valence electrons. The molecule has 1 aromatic heterocycles. The van der Waals surface area contributed by atoms with Gasteiger partial charge in [0.05, 0.1) is 0 Å². The Morgan fingerprint density at radius 1 is 0.635 bits per heavy atom. The topological polar surface area (TPSA) is 81.2 Å². The predicted molar refractivity (Wildman–Crippen MR) is 226 cm³/mol. The van der Waals surface area contributed by atoms with E-state index in [1.165, 1.54) is 0 Å². The van der Waals surface area contributed by atoms with Gasteiger partial charge >= 0.3 is 0 Å². The molecule has 0 spiro atoms. The zero-order valence-electron chi connectivity index (χ0n) is 37.9. The number of anilines is 2. The first-order valence-electron chi connectivity index (χ1n) is 21.2. The molecule has 2 saturated heterocycles. The molecule has 8 heteroatoms. The van der Waals surface area contributed by atoms with Crippen LogP contribution in [0, 0.1) is 5.41 Å². The summed E-state index contributed by atoms with van der Waals surface area (Å²) in [5, 5.41) is 11.7. The van der Waals surface area contributed by atoms with Crippen molar-refractivity contribution in [1.82, 2.24) is 30.5 Å². The van der Waals surface area contributed by atoms with Crippen LogP contribution in [0.5, 0.6) is 0 Å². The molecule has 2 aliphatic heterocycles. The van der Waals surface area contributed by atoms with Crippen molar-refractivity contribution in [3.63, 3.8) is 0 Å². The van der Waals surface area contributed by atoms with Gasteiger partial charge in [0.15, 0.2) is 0 Å². The molecule has 0 amide bonds. The number of nitrogens with zero attached hydrogens (tertiary/aromatic N) is 5. The largest absolute Gasteiger partial charge is 0.349 e. The van der Waals surface area contributed by atoms with Gasteiger partial charge in [0.2, 0.25) is 11.9 Å². The van der Waals surface area contributed by atoms with Gasteiger partial charge in [-0.25, -0.2) is 0 Å². The zero-order chi connectivity index (χ0) is 39.8. The molecule has 0 aromatic carbocycles. The summed E-state index contributed by atoms with van der Waals surface area (Å²) in [6.45, 7) is 46.7. The summed E-state index contributed by atoms with van der Waals surface area (Å²) in [6, 6.07) is 0.834. The first-order chi connectivity index (χ1) is 23.5. The number of hydrogen-bond donors (Lipinski definition) is 3. The van der Waals surface area contributed by atoms with E-state index in [1.807, 2.05) is 0 Å². The van der Waals surface area contributed by atoms with Crippen molar-refractivity contribution in [1.29, 1.82) is 0 Å². The molecule has 0 aliphatic carbocycles. The molecule has 52 heavy (non-hydrogen) atoms. The molecule has 0 saturated carbocycles. The third-order valence-electron chi connectivity index (χ3n) is 12.6. The smallest absolute Gasteiger partial charge is 0.230 e. The highest BCUT2D eigenvalue weighted by atomic mass is 15.3. The molecule has 0 radical (unpaired) electrons. The summed E-state index contributed by atoms with van der Waals surface area (Å²) in [5.74, 6) is 2.47. The van der Waals surface area contributed by atoms with E-state index in [2.05, 4.69) is 157 Å². The van der Waals surface area contributed by atoms with Crippen molar-refractivity contribution in [2.75, 3.05) is 23.3 Å². The molecule has 0 bridgehead atoms. The second kappa shape index (κ2) is 15.9. The molecule has 0 unspecified atom stereocenters. The third kappa shape index (κ3) is 12.0. The fourth-order valence-corrected chi connectivity index (χ4v) is 10.4. The maximum absolute atomic E-state index is 5.45. The van der Waals surface area contributed by atoms with E-state index < -0.39 is 0 Å². The van der Waals surface area contributed by atoms with Crippen LogP contribution in [0.2, 0.25) is 0 Å². The molecule has 2 aliphatic rings. The van der Waals surface area contributed by atoms with Crippen LogP contribution in [0.3, 0.4) is 0 Å². The molecule has 2 fully saturated rings. The van der Waals surface area contributed by atoms with Crippen LogP contribution in [0.4, 0.5) is 11.9 Å². The van der Waals surface area contributed by atoms with E-state index in [9.17, 15) is 0 Å². The van der Waals surface area contributed by atoms with Crippen LogP contribution < -0.4 is 20.9 Å². The van der Waals surface area contributed by atoms with Gasteiger partial charge in [-0.3, -0.25) is 4.90 Å². The Labute approximate surface area is 322 Å². The highest BCUT2D eigenvalue weighted by Gasteiger charge is 2.45. The van der Waals surface area contributed by atoms with Crippen LogP contribution in [0.25, 0.3) is 0 Å². The number of hydrogen-bond acceptors (Lipinski definition) is 8. The Hall–Kier alpha value is -1.51. The lowest BCUT2D eigenvalue weighted by Gasteiger charge is -2.54. The Balaban J connectivity index is 2.13. The van der Waals surface area contributed by atoms with Crippen LogP contribution in [0.1, 0.15) is 202 Å². The van der Waals surface area contributed by atoms with E-state index in [0.29, 0.717) is 18.0 Å².